The molecule has 0 amide bonds. The summed E-state index contributed by atoms with van der Waals surface area (Å²) in [6, 6.07) is 15.7. The van der Waals surface area contributed by atoms with E-state index >= 15 is 0 Å². The molecule has 0 aliphatic carbocycles. The number of aromatic nitrogens is 4. The van der Waals surface area contributed by atoms with Gasteiger partial charge in [-0.1, -0.05) is 12.1 Å². The Morgan fingerprint density at radius 1 is 1.00 bits per heavy atom. The van der Waals surface area contributed by atoms with Crippen LogP contribution in [-0.4, -0.2) is 48.4 Å². The lowest BCUT2D eigenvalue weighted by molar-refractivity contribution is 0.604. The van der Waals surface area contributed by atoms with Crippen molar-refractivity contribution in [3.63, 3.8) is 0 Å². The Labute approximate surface area is 189 Å². The van der Waals surface area contributed by atoms with Crippen LogP contribution in [0.15, 0.2) is 71.3 Å². The van der Waals surface area contributed by atoms with Crippen LogP contribution in [0.25, 0.3) is 38.6 Å². The van der Waals surface area contributed by atoms with E-state index in [-0.39, 0.29) is 0 Å². The molecule has 0 saturated heterocycles. The fourth-order valence-corrected chi connectivity index (χ4v) is 5.56. The molecule has 0 saturated carbocycles. The number of H-pyrrole nitrogens is 1. The molecule has 0 radical (unpaired) electrons. The minimum absolute atomic E-state index is 0.344. The Balaban J connectivity index is 1.58. The van der Waals surface area contributed by atoms with Crippen LogP contribution in [0.2, 0.25) is 0 Å². The molecule has 4 aromatic heterocycles. The predicted molar refractivity (Wildman–Crippen MR) is 129 cm³/mol. The van der Waals surface area contributed by atoms with Crippen molar-refractivity contribution in [2.75, 3.05) is 25.3 Å². The highest BCUT2D eigenvalue weighted by Crippen LogP contribution is 2.34. The minimum atomic E-state index is -3.24. The molecular weight excluding hydrogens is 442 g/mol. The second-order valence-electron chi connectivity index (χ2n) is 7.77. The van der Waals surface area contributed by atoms with Gasteiger partial charge in [0.1, 0.15) is 9.86 Å². The van der Waals surface area contributed by atoms with E-state index in [1.54, 1.807) is 12.3 Å². The number of sulfone groups is 1. The van der Waals surface area contributed by atoms with Gasteiger partial charge in [0.2, 0.25) is 0 Å². The Kier molecular flexibility index (Phi) is 4.87. The number of pyridine rings is 1. The number of hydrogen-bond acceptors (Lipinski definition) is 6. The van der Waals surface area contributed by atoms with Gasteiger partial charge in [-0.05, 0) is 36.4 Å². The smallest absolute Gasteiger partial charge is 0.184 e. The van der Waals surface area contributed by atoms with Crippen molar-refractivity contribution in [1.82, 2.24) is 19.6 Å². The van der Waals surface area contributed by atoms with Crippen LogP contribution >= 0.6 is 11.3 Å². The van der Waals surface area contributed by atoms with E-state index in [4.69, 9.17) is 0 Å². The first-order valence-electron chi connectivity index (χ1n) is 9.90. The van der Waals surface area contributed by atoms with Crippen LogP contribution in [0, 0.1) is 0 Å². The topological polar surface area (TPSA) is 83.4 Å². The molecule has 5 rings (SSSR count). The Bertz CT molecular complexity index is 1530. The molecule has 0 fully saturated rings. The number of fused-ring (bicyclic) bond motifs is 1. The van der Waals surface area contributed by atoms with Gasteiger partial charge in [0, 0.05) is 55.1 Å². The first-order chi connectivity index (χ1) is 15.3. The quantitative estimate of drug-likeness (QED) is 0.412. The Morgan fingerprint density at radius 3 is 2.44 bits per heavy atom. The highest BCUT2D eigenvalue weighted by atomic mass is 32.2. The average Bonchev–Trinajstić information content (AvgIpc) is 3.51. The molecule has 0 aliphatic rings. The summed E-state index contributed by atoms with van der Waals surface area (Å²) in [6.45, 7) is 0. The summed E-state index contributed by atoms with van der Waals surface area (Å²) < 4.78 is 26.1. The van der Waals surface area contributed by atoms with Gasteiger partial charge in [0.25, 0.3) is 0 Å². The molecule has 4 heterocycles. The third-order valence-electron chi connectivity index (χ3n) is 5.31. The zero-order valence-corrected chi connectivity index (χ0v) is 19.4. The summed E-state index contributed by atoms with van der Waals surface area (Å²) in [4.78, 5) is 7.40. The Hall–Kier alpha value is -3.43. The molecule has 0 atom stereocenters. The average molecular weight is 464 g/mol. The number of anilines is 1. The zero-order valence-electron chi connectivity index (χ0n) is 17.8. The lowest BCUT2D eigenvalue weighted by atomic mass is 10.0. The van der Waals surface area contributed by atoms with Gasteiger partial charge in [-0.2, -0.15) is 5.10 Å². The van der Waals surface area contributed by atoms with Crippen molar-refractivity contribution < 1.29 is 8.42 Å². The van der Waals surface area contributed by atoms with Crippen LogP contribution < -0.4 is 4.90 Å². The van der Waals surface area contributed by atoms with Crippen molar-refractivity contribution >= 4 is 32.5 Å². The summed E-state index contributed by atoms with van der Waals surface area (Å²) in [5.74, 6) is 0. The highest BCUT2D eigenvalue weighted by molar-refractivity contribution is 7.92. The van der Waals surface area contributed by atoms with Crippen LogP contribution in [0.4, 0.5) is 5.69 Å². The SMILES string of the molecule is CN(C)c1ccc(-c2n[nH]cc2-c2ccc3ncc(-c4ccc(S(C)(=O)=O)s4)n3c2)cc1. The van der Waals surface area contributed by atoms with E-state index in [0.29, 0.717) is 4.21 Å². The van der Waals surface area contributed by atoms with Gasteiger partial charge in [-0.25, -0.2) is 13.4 Å². The van der Waals surface area contributed by atoms with Crippen molar-refractivity contribution in [2.24, 2.45) is 0 Å². The van der Waals surface area contributed by atoms with Crippen molar-refractivity contribution in [3.8, 4) is 33.0 Å². The van der Waals surface area contributed by atoms with Crippen LogP contribution in [0.1, 0.15) is 0 Å². The lowest BCUT2D eigenvalue weighted by Crippen LogP contribution is -2.07. The maximum absolute atomic E-state index is 11.9. The molecule has 7 nitrogen and oxygen atoms in total. The normalized spacial score (nSPS) is 11.8. The number of aromatic amines is 1. The summed E-state index contributed by atoms with van der Waals surface area (Å²) in [7, 11) is 0.785. The summed E-state index contributed by atoms with van der Waals surface area (Å²) in [5.41, 5.74) is 6.62. The molecular formula is C23H21N5O2S2. The molecule has 32 heavy (non-hydrogen) atoms. The number of benzene rings is 1. The Morgan fingerprint density at radius 2 is 1.75 bits per heavy atom. The van der Waals surface area contributed by atoms with Crippen LogP contribution in [0.5, 0.6) is 0 Å². The number of hydrogen-bond donors (Lipinski definition) is 1. The molecule has 0 spiro atoms. The van der Waals surface area contributed by atoms with Crippen LogP contribution in [-0.2, 0) is 9.84 Å². The van der Waals surface area contributed by atoms with E-state index in [1.807, 2.05) is 49.1 Å². The van der Waals surface area contributed by atoms with Gasteiger partial charge in [0.15, 0.2) is 9.84 Å². The summed E-state index contributed by atoms with van der Waals surface area (Å²) >= 11 is 1.25. The van der Waals surface area contributed by atoms with Gasteiger partial charge in [0.05, 0.1) is 22.5 Å². The van der Waals surface area contributed by atoms with Gasteiger partial charge in [-0.3, -0.25) is 9.50 Å². The molecule has 162 valence electrons. The number of rotatable bonds is 5. The van der Waals surface area contributed by atoms with Crippen molar-refractivity contribution in [2.45, 2.75) is 4.21 Å². The number of thiophene rings is 1. The zero-order chi connectivity index (χ0) is 22.5. The van der Waals surface area contributed by atoms with Crippen LogP contribution in [0.3, 0.4) is 0 Å². The first kappa shape index (κ1) is 20.5. The standard InChI is InChI=1S/C23H21N5O2S2/c1-27(2)17-7-4-15(5-8-17)23-18(12-25-26-23)16-6-10-21-24-13-19(28(21)14-16)20-9-11-22(31-20)32(3,29)30/h4-14H,1-3H3,(H,25,26). The third-order valence-corrected chi connectivity index (χ3v) is 8.24. The third kappa shape index (κ3) is 3.59. The van der Waals surface area contributed by atoms with E-state index in [1.165, 1.54) is 17.6 Å². The van der Waals surface area contributed by atoms with E-state index in [2.05, 4.69) is 44.3 Å². The molecule has 9 heteroatoms. The highest BCUT2D eigenvalue weighted by Gasteiger charge is 2.16. The fraction of sp³-hybridized carbons (Fsp3) is 0.130. The molecule has 5 aromatic rings. The molecule has 1 N–H and O–H groups in total. The summed E-state index contributed by atoms with van der Waals surface area (Å²) in [5, 5.41) is 7.48. The molecule has 0 unspecified atom stereocenters. The number of imidazole rings is 1. The van der Waals surface area contributed by atoms with Crippen molar-refractivity contribution in [1.29, 1.82) is 0 Å². The lowest BCUT2D eigenvalue weighted by Gasteiger charge is -2.12. The summed E-state index contributed by atoms with van der Waals surface area (Å²) in [6.07, 6.45) is 6.90. The van der Waals surface area contributed by atoms with Crippen molar-refractivity contribution in [3.05, 3.63) is 67.1 Å². The number of nitrogens with zero attached hydrogens (tertiary/aromatic N) is 4. The van der Waals surface area contributed by atoms with Gasteiger partial charge in [-0.15, -0.1) is 11.3 Å². The van der Waals surface area contributed by atoms with E-state index < -0.39 is 9.84 Å². The largest absolute Gasteiger partial charge is 0.378 e. The van der Waals surface area contributed by atoms with E-state index in [0.717, 1.165) is 44.3 Å². The fourth-order valence-electron chi connectivity index (χ4n) is 3.63. The molecule has 0 bridgehead atoms. The molecule has 1 aromatic carbocycles. The van der Waals surface area contributed by atoms with Gasteiger partial charge < -0.3 is 4.90 Å². The molecule has 0 aliphatic heterocycles. The van der Waals surface area contributed by atoms with E-state index in [9.17, 15) is 8.42 Å². The number of nitrogens with one attached hydrogen (secondary N) is 1. The first-order valence-corrected chi connectivity index (χ1v) is 12.6. The predicted octanol–water partition coefficient (Wildman–Crippen LogP) is 4.59. The van der Waals surface area contributed by atoms with Gasteiger partial charge >= 0.3 is 0 Å². The minimum Gasteiger partial charge on any atom is -0.378 e. The monoisotopic (exact) mass is 463 g/mol. The maximum atomic E-state index is 11.9. The second kappa shape index (κ2) is 7.61. The second-order valence-corrected chi connectivity index (χ2v) is 11.1. The maximum Gasteiger partial charge on any atom is 0.184 e.